The average Bonchev–Trinajstić information content (AvgIpc) is 2.35. The molecule has 1 aromatic rings. The number of hydroxylamine groups is 1. The molecule has 0 radical (unpaired) electrons. The Balaban J connectivity index is 2.42. The fraction of sp³-hybridized carbons (Fsp3) is 0.385. The van der Waals surface area contributed by atoms with E-state index in [1.807, 2.05) is 5.94 Å². The van der Waals surface area contributed by atoms with E-state index in [0.29, 0.717) is 18.7 Å². The monoisotopic (exact) mass is 235 g/mol. The van der Waals surface area contributed by atoms with Gasteiger partial charge in [-0.25, -0.2) is 4.79 Å². The second kappa shape index (κ2) is 7.49. The Labute approximate surface area is 101 Å². The first-order chi connectivity index (χ1) is 8.26. The molecule has 0 amide bonds. The third kappa shape index (κ3) is 5.20. The lowest BCUT2D eigenvalue weighted by Gasteiger charge is -2.07. The summed E-state index contributed by atoms with van der Waals surface area (Å²) >= 11 is 0. The predicted octanol–water partition coefficient (Wildman–Crippen LogP) is 1.97. The molecule has 0 saturated heterocycles. The summed E-state index contributed by atoms with van der Waals surface area (Å²) in [6, 6.07) is 6.66. The summed E-state index contributed by atoms with van der Waals surface area (Å²) in [7, 11) is 0. The fourth-order valence-electron chi connectivity index (χ4n) is 1.27. The van der Waals surface area contributed by atoms with Crippen LogP contribution in [0, 0.1) is 0 Å². The molecule has 17 heavy (non-hydrogen) atoms. The van der Waals surface area contributed by atoms with Gasteiger partial charge in [0.25, 0.3) is 0 Å². The number of benzene rings is 1. The van der Waals surface area contributed by atoms with Crippen molar-refractivity contribution in [3.05, 3.63) is 35.5 Å². The molecule has 1 aromatic carbocycles. The van der Waals surface area contributed by atoms with Gasteiger partial charge in [0.1, 0.15) is 17.4 Å². The third-order valence-corrected chi connectivity index (χ3v) is 2.24. The van der Waals surface area contributed by atoms with Crippen LogP contribution in [-0.2, 0) is 16.1 Å². The van der Waals surface area contributed by atoms with E-state index in [4.69, 9.17) is 9.94 Å². The minimum Gasteiger partial charge on any atom is -0.508 e. The number of carbonyl (C=O) groups excluding carboxylic acids is 1. The van der Waals surface area contributed by atoms with Gasteiger partial charge in [-0.1, -0.05) is 25.5 Å². The Hall–Kier alpha value is -1.77. The summed E-state index contributed by atoms with van der Waals surface area (Å²) in [6.07, 6.45) is 2.40. The molecule has 0 aliphatic heterocycles. The fourth-order valence-corrected chi connectivity index (χ4v) is 1.27. The van der Waals surface area contributed by atoms with Crippen LogP contribution in [0.2, 0.25) is 0 Å². The normalized spacial score (nSPS) is 9.71. The van der Waals surface area contributed by atoms with Crippen molar-refractivity contribution in [1.82, 2.24) is 5.48 Å². The average molecular weight is 235 g/mol. The lowest BCUT2D eigenvalue weighted by Crippen LogP contribution is -2.17. The molecule has 4 nitrogen and oxygen atoms in total. The Bertz CT molecular complexity index is 380. The summed E-state index contributed by atoms with van der Waals surface area (Å²) in [5, 5.41) is 9.12. The lowest BCUT2D eigenvalue weighted by molar-refractivity contribution is 0.0601. The van der Waals surface area contributed by atoms with E-state index < -0.39 is 0 Å². The quantitative estimate of drug-likeness (QED) is 0.431. The van der Waals surface area contributed by atoms with Gasteiger partial charge in [0, 0.05) is 6.42 Å². The lowest BCUT2D eigenvalue weighted by atomic mass is 10.1. The first-order valence-electron chi connectivity index (χ1n) is 5.66. The second-order valence-corrected chi connectivity index (χ2v) is 3.73. The topological polar surface area (TPSA) is 58.6 Å². The van der Waals surface area contributed by atoms with Gasteiger partial charge in [-0.2, -0.15) is 0 Å². The number of aromatic hydroxyl groups is 1. The highest BCUT2D eigenvalue weighted by atomic mass is 16.6. The van der Waals surface area contributed by atoms with E-state index in [1.165, 1.54) is 0 Å². The maximum absolute atomic E-state index is 10.7. The zero-order chi connectivity index (χ0) is 12.5. The number of hydrogen-bond acceptors (Lipinski definition) is 4. The van der Waals surface area contributed by atoms with E-state index in [9.17, 15) is 4.79 Å². The first kappa shape index (κ1) is 13.3. The van der Waals surface area contributed by atoms with Crippen LogP contribution in [0.4, 0.5) is 0 Å². The molecular weight excluding hydrogens is 218 g/mol. The SMILES string of the molecule is CCCCONC(=C=O)Cc1ccc(O)cc1. The predicted molar refractivity (Wildman–Crippen MR) is 65.0 cm³/mol. The van der Waals surface area contributed by atoms with Crippen molar-refractivity contribution in [2.75, 3.05) is 6.61 Å². The maximum atomic E-state index is 10.7. The number of rotatable bonds is 7. The van der Waals surface area contributed by atoms with Crippen LogP contribution >= 0.6 is 0 Å². The van der Waals surface area contributed by atoms with Crippen molar-refractivity contribution >= 4 is 5.94 Å². The van der Waals surface area contributed by atoms with Crippen LogP contribution in [-0.4, -0.2) is 17.7 Å². The minimum absolute atomic E-state index is 0.206. The smallest absolute Gasteiger partial charge is 0.148 e. The van der Waals surface area contributed by atoms with Crippen LogP contribution in [0.5, 0.6) is 5.75 Å². The molecule has 0 saturated carbocycles. The number of allylic oxidation sites excluding steroid dienone is 1. The summed E-state index contributed by atoms with van der Waals surface area (Å²) in [5.74, 6) is 2.02. The number of hydrogen-bond donors (Lipinski definition) is 2. The number of phenolic OH excluding ortho intramolecular Hbond substituents is 1. The molecule has 0 heterocycles. The van der Waals surface area contributed by atoms with Crippen molar-refractivity contribution in [3.8, 4) is 5.75 Å². The highest BCUT2D eigenvalue weighted by Crippen LogP contribution is 2.11. The molecule has 0 spiro atoms. The van der Waals surface area contributed by atoms with Crippen LogP contribution < -0.4 is 5.48 Å². The van der Waals surface area contributed by atoms with E-state index in [0.717, 1.165) is 18.4 Å². The summed E-state index contributed by atoms with van der Waals surface area (Å²) in [4.78, 5) is 15.8. The van der Waals surface area contributed by atoms with Gasteiger partial charge in [-0.15, -0.1) is 0 Å². The molecule has 1 rings (SSSR count). The van der Waals surface area contributed by atoms with Gasteiger partial charge in [0.15, 0.2) is 0 Å². The van der Waals surface area contributed by atoms with Crippen molar-refractivity contribution < 1.29 is 14.7 Å². The van der Waals surface area contributed by atoms with Crippen LogP contribution in [0.3, 0.4) is 0 Å². The molecule has 92 valence electrons. The molecule has 0 bridgehead atoms. The van der Waals surface area contributed by atoms with Gasteiger partial charge in [-0.3, -0.25) is 10.3 Å². The molecule has 0 fully saturated rings. The molecular formula is C13H17NO3. The second-order valence-electron chi connectivity index (χ2n) is 3.73. The van der Waals surface area contributed by atoms with Crippen molar-refractivity contribution in [2.45, 2.75) is 26.2 Å². The van der Waals surface area contributed by atoms with Crippen molar-refractivity contribution in [1.29, 1.82) is 0 Å². The minimum atomic E-state index is 0.206. The highest BCUT2D eigenvalue weighted by Gasteiger charge is 2.01. The first-order valence-corrected chi connectivity index (χ1v) is 5.66. The Morgan fingerprint density at radius 3 is 2.71 bits per heavy atom. The summed E-state index contributed by atoms with van der Waals surface area (Å²) < 4.78 is 0. The van der Waals surface area contributed by atoms with Gasteiger partial charge >= 0.3 is 0 Å². The molecule has 4 heteroatoms. The summed E-state index contributed by atoms with van der Waals surface area (Å²) in [6.45, 7) is 2.63. The molecule has 0 aliphatic rings. The third-order valence-electron chi connectivity index (χ3n) is 2.24. The van der Waals surface area contributed by atoms with E-state index in [1.54, 1.807) is 24.3 Å². The maximum Gasteiger partial charge on any atom is 0.148 e. The molecule has 2 N–H and O–H groups in total. The molecule has 0 aliphatic carbocycles. The van der Waals surface area contributed by atoms with Gasteiger partial charge < -0.3 is 5.11 Å². The van der Waals surface area contributed by atoms with Crippen molar-refractivity contribution in [2.24, 2.45) is 0 Å². The number of unbranched alkanes of at least 4 members (excludes halogenated alkanes) is 1. The molecule has 0 aromatic heterocycles. The van der Waals surface area contributed by atoms with Crippen LogP contribution in [0.15, 0.2) is 30.0 Å². The van der Waals surface area contributed by atoms with E-state index in [-0.39, 0.29) is 5.75 Å². The largest absolute Gasteiger partial charge is 0.508 e. The number of nitrogens with one attached hydrogen (secondary N) is 1. The zero-order valence-corrected chi connectivity index (χ0v) is 9.90. The van der Waals surface area contributed by atoms with Crippen molar-refractivity contribution in [3.63, 3.8) is 0 Å². The highest BCUT2D eigenvalue weighted by molar-refractivity contribution is 5.52. The molecule has 0 unspecified atom stereocenters. The number of phenols is 1. The van der Waals surface area contributed by atoms with Gasteiger partial charge in [-0.05, 0) is 24.1 Å². The Kier molecular flexibility index (Phi) is 5.86. The van der Waals surface area contributed by atoms with Crippen LogP contribution in [0.1, 0.15) is 25.3 Å². The standard InChI is InChI=1S/C13H17NO3/c1-2-3-8-17-14-12(10-15)9-11-4-6-13(16)7-5-11/h4-7,14,16H,2-3,8-9H2,1H3. The Morgan fingerprint density at radius 2 is 2.12 bits per heavy atom. The van der Waals surface area contributed by atoms with E-state index in [2.05, 4.69) is 12.4 Å². The van der Waals surface area contributed by atoms with E-state index >= 15 is 0 Å². The summed E-state index contributed by atoms with van der Waals surface area (Å²) in [5.41, 5.74) is 3.86. The van der Waals surface area contributed by atoms with Gasteiger partial charge in [0.05, 0.1) is 6.61 Å². The Morgan fingerprint density at radius 1 is 1.41 bits per heavy atom. The molecule has 0 atom stereocenters. The van der Waals surface area contributed by atoms with Gasteiger partial charge in [0.2, 0.25) is 0 Å². The van der Waals surface area contributed by atoms with Crippen LogP contribution in [0.25, 0.3) is 0 Å². The zero-order valence-electron chi connectivity index (χ0n) is 9.90.